The van der Waals surface area contributed by atoms with Crippen LogP contribution in [0.15, 0.2) is 24.3 Å². The van der Waals surface area contributed by atoms with Gasteiger partial charge in [0.15, 0.2) is 0 Å². The fourth-order valence-corrected chi connectivity index (χ4v) is 2.82. The molecule has 0 saturated carbocycles. The van der Waals surface area contributed by atoms with Gasteiger partial charge in [-0.15, -0.1) is 0 Å². The minimum atomic E-state index is -0.442. The van der Waals surface area contributed by atoms with Gasteiger partial charge in [0, 0.05) is 6.54 Å². The Labute approximate surface area is 129 Å². The summed E-state index contributed by atoms with van der Waals surface area (Å²) in [5.41, 5.74) is 7.71. The summed E-state index contributed by atoms with van der Waals surface area (Å²) < 4.78 is 0. The van der Waals surface area contributed by atoms with Gasteiger partial charge in [0.2, 0.25) is 0 Å². The maximum absolute atomic E-state index is 10.00. The van der Waals surface area contributed by atoms with Crippen LogP contribution in [0.5, 0.6) is 0 Å². The summed E-state index contributed by atoms with van der Waals surface area (Å²) in [4.78, 5) is 0. The molecule has 0 aliphatic carbocycles. The number of hydrogen-bond donors (Lipinski definition) is 3. The number of hydrogen-bond acceptors (Lipinski definition) is 3. The lowest BCUT2D eigenvalue weighted by Crippen LogP contribution is -2.22. The quantitative estimate of drug-likeness (QED) is 0.586. The fourth-order valence-electron chi connectivity index (χ4n) is 2.82. The van der Waals surface area contributed by atoms with E-state index in [2.05, 4.69) is 31.3 Å². The topological polar surface area (TPSA) is 58.3 Å². The van der Waals surface area contributed by atoms with Crippen LogP contribution in [-0.4, -0.2) is 18.2 Å². The molecular weight excluding hydrogens is 260 g/mol. The van der Waals surface area contributed by atoms with Gasteiger partial charge in [-0.05, 0) is 49.4 Å². The zero-order chi connectivity index (χ0) is 15.5. The molecule has 120 valence electrons. The third kappa shape index (κ3) is 7.07. The standard InChI is InChI=1S/C18H32N2O/c1-3-6-15(7-4-2)13-20-14-16-8-5-9-17(12-16)18(21)10-11-19/h5,8-9,12,15,18,20-21H,3-4,6-7,10-11,13-14,19H2,1-2H3. The van der Waals surface area contributed by atoms with Crippen molar-refractivity contribution in [2.75, 3.05) is 13.1 Å². The Bertz CT molecular complexity index is 375. The molecule has 0 radical (unpaired) electrons. The van der Waals surface area contributed by atoms with Crippen LogP contribution in [0.4, 0.5) is 0 Å². The number of benzene rings is 1. The van der Waals surface area contributed by atoms with Crippen molar-refractivity contribution in [3.8, 4) is 0 Å². The van der Waals surface area contributed by atoms with Crippen LogP contribution < -0.4 is 11.1 Å². The van der Waals surface area contributed by atoms with Crippen LogP contribution in [0.25, 0.3) is 0 Å². The van der Waals surface area contributed by atoms with Crippen LogP contribution in [-0.2, 0) is 6.54 Å². The monoisotopic (exact) mass is 292 g/mol. The average Bonchev–Trinajstić information content (AvgIpc) is 2.48. The van der Waals surface area contributed by atoms with E-state index in [1.807, 2.05) is 12.1 Å². The van der Waals surface area contributed by atoms with Gasteiger partial charge in [-0.25, -0.2) is 0 Å². The van der Waals surface area contributed by atoms with E-state index >= 15 is 0 Å². The second-order valence-electron chi connectivity index (χ2n) is 5.91. The van der Waals surface area contributed by atoms with Crippen LogP contribution in [0, 0.1) is 5.92 Å². The third-order valence-electron chi connectivity index (χ3n) is 3.93. The van der Waals surface area contributed by atoms with Crippen LogP contribution in [0.1, 0.15) is 63.2 Å². The summed E-state index contributed by atoms with van der Waals surface area (Å²) in [7, 11) is 0. The Morgan fingerprint density at radius 2 is 1.86 bits per heavy atom. The molecule has 0 aliphatic heterocycles. The highest BCUT2D eigenvalue weighted by Crippen LogP contribution is 2.17. The Morgan fingerprint density at radius 1 is 1.14 bits per heavy atom. The summed E-state index contributed by atoms with van der Waals surface area (Å²) in [6.07, 6.45) is 5.29. The van der Waals surface area contributed by atoms with E-state index in [4.69, 9.17) is 5.73 Å². The number of aliphatic hydroxyl groups is 1. The highest BCUT2D eigenvalue weighted by Gasteiger charge is 2.08. The molecule has 21 heavy (non-hydrogen) atoms. The van der Waals surface area contributed by atoms with Crippen molar-refractivity contribution < 1.29 is 5.11 Å². The molecule has 3 nitrogen and oxygen atoms in total. The summed E-state index contributed by atoms with van der Waals surface area (Å²) in [5.74, 6) is 0.783. The predicted octanol–water partition coefficient (Wildman–Crippen LogP) is 3.37. The molecule has 0 bridgehead atoms. The number of rotatable bonds is 11. The van der Waals surface area contributed by atoms with E-state index in [0.717, 1.165) is 24.6 Å². The highest BCUT2D eigenvalue weighted by molar-refractivity contribution is 5.25. The van der Waals surface area contributed by atoms with Crippen LogP contribution in [0.2, 0.25) is 0 Å². The van der Waals surface area contributed by atoms with Crippen LogP contribution >= 0.6 is 0 Å². The highest BCUT2D eigenvalue weighted by atomic mass is 16.3. The molecule has 4 N–H and O–H groups in total. The largest absolute Gasteiger partial charge is 0.388 e. The first kappa shape index (κ1) is 18.1. The molecule has 1 atom stereocenters. The normalized spacial score (nSPS) is 12.8. The number of aliphatic hydroxyl groups excluding tert-OH is 1. The molecule has 1 rings (SSSR count). The summed E-state index contributed by atoms with van der Waals surface area (Å²) in [6.45, 7) is 6.97. The van der Waals surface area contributed by atoms with E-state index in [9.17, 15) is 5.11 Å². The predicted molar refractivity (Wildman–Crippen MR) is 90.1 cm³/mol. The van der Waals surface area contributed by atoms with Gasteiger partial charge in [0.1, 0.15) is 0 Å². The van der Waals surface area contributed by atoms with Gasteiger partial charge < -0.3 is 16.2 Å². The molecule has 0 spiro atoms. The van der Waals surface area contributed by atoms with Crippen molar-refractivity contribution in [1.29, 1.82) is 0 Å². The third-order valence-corrected chi connectivity index (χ3v) is 3.93. The van der Waals surface area contributed by atoms with Crippen molar-refractivity contribution in [3.63, 3.8) is 0 Å². The maximum Gasteiger partial charge on any atom is 0.0802 e. The Morgan fingerprint density at radius 3 is 2.48 bits per heavy atom. The van der Waals surface area contributed by atoms with Crippen molar-refractivity contribution in [1.82, 2.24) is 5.32 Å². The van der Waals surface area contributed by atoms with Gasteiger partial charge in [-0.3, -0.25) is 0 Å². The van der Waals surface area contributed by atoms with Crippen molar-refractivity contribution in [2.24, 2.45) is 11.7 Å². The molecule has 1 unspecified atom stereocenters. The molecule has 0 saturated heterocycles. The number of nitrogens with one attached hydrogen (secondary N) is 1. The molecule has 0 heterocycles. The lowest BCUT2D eigenvalue weighted by atomic mass is 9.98. The Kier molecular flexibility index (Phi) is 9.31. The van der Waals surface area contributed by atoms with Crippen molar-refractivity contribution in [2.45, 2.75) is 58.6 Å². The zero-order valence-corrected chi connectivity index (χ0v) is 13.6. The van der Waals surface area contributed by atoms with Gasteiger partial charge in [-0.1, -0.05) is 51.0 Å². The first-order valence-corrected chi connectivity index (χ1v) is 8.38. The second kappa shape index (κ2) is 10.8. The molecule has 3 heteroatoms. The van der Waals surface area contributed by atoms with Gasteiger partial charge >= 0.3 is 0 Å². The first-order chi connectivity index (χ1) is 10.2. The summed E-state index contributed by atoms with van der Waals surface area (Å²) >= 11 is 0. The van der Waals surface area contributed by atoms with E-state index in [0.29, 0.717) is 13.0 Å². The molecule has 0 fully saturated rings. The SMILES string of the molecule is CCCC(CCC)CNCc1cccc(C(O)CCN)c1. The van der Waals surface area contributed by atoms with Gasteiger partial charge in [-0.2, -0.15) is 0 Å². The van der Waals surface area contributed by atoms with Crippen molar-refractivity contribution in [3.05, 3.63) is 35.4 Å². The first-order valence-electron chi connectivity index (χ1n) is 8.38. The van der Waals surface area contributed by atoms with E-state index in [-0.39, 0.29) is 0 Å². The summed E-state index contributed by atoms with van der Waals surface area (Å²) in [5, 5.41) is 13.6. The average molecular weight is 292 g/mol. The molecule has 1 aromatic carbocycles. The summed E-state index contributed by atoms with van der Waals surface area (Å²) in [6, 6.07) is 8.19. The molecule has 0 amide bonds. The van der Waals surface area contributed by atoms with Crippen LogP contribution in [0.3, 0.4) is 0 Å². The van der Waals surface area contributed by atoms with E-state index in [1.54, 1.807) is 0 Å². The minimum Gasteiger partial charge on any atom is -0.388 e. The fraction of sp³-hybridized carbons (Fsp3) is 0.667. The molecule has 1 aromatic rings. The Hall–Kier alpha value is -0.900. The number of nitrogens with two attached hydrogens (primary N) is 1. The Balaban J connectivity index is 2.45. The smallest absolute Gasteiger partial charge is 0.0802 e. The minimum absolute atomic E-state index is 0.442. The second-order valence-corrected chi connectivity index (χ2v) is 5.91. The maximum atomic E-state index is 10.00. The molecule has 0 aromatic heterocycles. The lowest BCUT2D eigenvalue weighted by Gasteiger charge is -2.16. The molecular formula is C18H32N2O. The molecule has 0 aliphatic rings. The van der Waals surface area contributed by atoms with Gasteiger partial charge in [0.05, 0.1) is 6.10 Å². The van der Waals surface area contributed by atoms with Crippen molar-refractivity contribution >= 4 is 0 Å². The van der Waals surface area contributed by atoms with Gasteiger partial charge in [0.25, 0.3) is 0 Å². The van der Waals surface area contributed by atoms with E-state index < -0.39 is 6.10 Å². The lowest BCUT2D eigenvalue weighted by molar-refractivity contribution is 0.170. The van der Waals surface area contributed by atoms with E-state index in [1.165, 1.54) is 31.2 Å². The zero-order valence-electron chi connectivity index (χ0n) is 13.6.